The van der Waals surface area contributed by atoms with Gasteiger partial charge in [-0.1, -0.05) is 19.6 Å². The lowest BCUT2D eigenvalue weighted by atomic mass is 10.1. The highest BCUT2D eigenvalue weighted by Gasteiger charge is 2.44. The topological polar surface area (TPSA) is 92.1 Å². The van der Waals surface area contributed by atoms with E-state index in [4.69, 9.17) is 18.9 Å². The fourth-order valence-electron chi connectivity index (χ4n) is 5.17. The average Bonchev–Trinajstić information content (AvgIpc) is 3.29. The van der Waals surface area contributed by atoms with Crippen molar-refractivity contribution in [1.82, 2.24) is 14.5 Å². The average molecular weight is 638 g/mol. The molecule has 1 aromatic carbocycles. The maximum Gasteiger partial charge on any atom is 0.425 e. The highest BCUT2D eigenvalue weighted by Crippen LogP contribution is 2.41. The normalized spacial score (nSPS) is 19.3. The fourth-order valence-corrected chi connectivity index (χ4v) is 5.93. The first kappa shape index (κ1) is 31.8. The van der Waals surface area contributed by atoms with Crippen LogP contribution in [0.4, 0.5) is 17.6 Å². The van der Waals surface area contributed by atoms with Crippen molar-refractivity contribution in [2.24, 2.45) is 0 Å². The van der Waals surface area contributed by atoms with Gasteiger partial charge in [-0.25, -0.2) is 9.37 Å². The maximum atomic E-state index is 15.1. The van der Waals surface area contributed by atoms with Crippen molar-refractivity contribution in [2.75, 3.05) is 19.8 Å². The van der Waals surface area contributed by atoms with E-state index < -0.39 is 55.5 Å². The first-order chi connectivity index (χ1) is 20.6. The third-order valence-electron chi connectivity index (χ3n) is 7.76. The summed E-state index contributed by atoms with van der Waals surface area (Å²) in [4.78, 5) is 32.1. The molecule has 2 aromatic heterocycles. The molecule has 0 radical (unpaired) electrons. The predicted octanol–water partition coefficient (Wildman–Crippen LogP) is 5.54. The number of pyridine rings is 2. The van der Waals surface area contributed by atoms with Gasteiger partial charge in [-0.3, -0.25) is 14.2 Å². The second kappa shape index (κ2) is 12.0. The number of nitrogens with zero attached hydrogens (tertiary/aromatic N) is 3. The number of halogens is 4. The molecule has 44 heavy (non-hydrogen) atoms. The molecule has 1 saturated heterocycles. The number of amides is 1. The predicted molar refractivity (Wildman–Crippen MR) is 157 cm³/mol. The smallest absolute Gasteiger partial charge is 0.425 e. The van der Waals surface area contributed by atoms with Crippen molar-refractivity contribution >= 4 is 24.9 Å². The van der Waals surface area contributed by atoms with Gasteiger partial charge in [0, 0.05) is 44.8 Å². The molecule has 1 fully saturated rings. The van der Waals surface area contributed by atoms with Crippen LogP contribution < -0.4 is 19.8 Å². The van der Waals surface area contributed by atoms with Gasteiger partial charge >= 0.3 is 6.18 Å². The zero-order valence-electron chi connectivity index (χ0n) is 25.2. The van der Waals surface area contributed by atoms with E-state index in [1.165, 1.54) is 28.5 Å². The standard InChI is InChI=1S/C30H35F4N3O6Si/c1-17-10-23-26(28(27(17)31)42-18(2)30(32,33)34)29(39)36-14-21(11-20(36)15-41-23)43-24-12-22-19(13-35-24)6-7-25(38)37(22)16-40-8-9-44(3,4)5/h6-7,10,12-13,18,20-21H,8-9,11,14-16H2,1-5H3/t18-,20-,21+/m1/s1. The molecule has 5 rings (SSSR count). The number of rotatable bonds is 9. The van der Waals surface area contributed by atoms with Gasteiger partial charge in [-0.2, -0.15) is 13.2 Å². The lowest BCUT2D eigenvalue weighted by molar-refractivity contribution is -0.189. The number of carbonyl (C=O) groups excluding carboxylic acids is 1. The number of fused-ring (bicyclic) bond motifs is 3. The molecule has 2 aliphatic heterocycles. The van der Waals surface area contributed by atoms with Gasteiger partial charge in [0.25, 0.3) is 11.5 Å². The van der Waals surface area contributed by atoms with E-state index in [9.17, 15) is 22.8 Å². The van der Waals surface area contributed by atoms with Crippen molar-refractivity contribution in [1.29, 1.82) is 0 Å². The molecule has 2 aliphatic rings. The Balaban J connectivity index is 1.36. The zero-order valence-corrected chi connectivity index (χ0v) is 26.2. The van der Waals surface area contributed by atoms with E-state index in [0.29, 0.717) is 23.9 Å². The molecule has 0 aliphatic carbocycles. The molecule has 0 unspecified atom stereocenters. The molecule has 0 spiro atoms. The summed E-state index contributed by atoms with van der Waals surface area (Å²) in [7, 11) is -1.31. The Morgan fingerprint density at radius 3 is 2.64 bits per heavy atom. The van der Waals surface area contributed by atoms with Gasteiger partial charge in [0.05, 0.1) is 18.1 Å². The summed E-state index contributed by atoms with van der Waals surface area (Å²) in [5.41, 5.74) is -0.0674. The first-order valence-electron chi connectivity index (χ1n) is 14.4. The highest BCUT2D eigenvalue weighted by atomic mass is 28.3. The lowest BCUT2D eigenvalue weighted by Gasteiger charge is -2.23. The Morgan fingerprint density at radius 1 is 1.18 bits per heavy atom. The second-order valence-electron chi connectivity index (χ2n) is 12.4. The molecule has 3 aromatic rings. The summed E-state index contributed by atoms with van der Waals surface area (Å²) in [6.45, 7) is 9.52. The molecule has 9 nitrogen and oxygen atoms in total. The van der Waals surface area contributed by atoms with Crippen LogP contribution >= 0.6 is 0 Å². The fraction of sp³-hybridized carbons (Fsp3) is 0.500. The largest absolute Gasteiger partial charge is 0.490 e. The molecule has 0 N–H and O–H groups in total. The molecule has 238 valence electrons. The van der Waals surface area contributed by atoms with Crippen molar-refractivity contribution in [2.45, 2.75) is 77.1 Å². The first-order valence-corrected chi connectivity index (χ1v) is 18.1. The Hall–Kier alpha value is -3.65. The summed E-state index contributed by atoms with van der Waals surface area (Å²) in [5.74, 6) is -2.38. The summed E-state index contributed by atoms with van der Waals surface area (Å²) >= 11 is 0. The van der Waals surface area contributed by atoms with Crippen LogP contribution in [0.1, 0.15) is 29.3 Å². The van der Waals surface area contributed by atoms with Crippen molar-refractivity contribution in [3.05, 3.63) is 57.8 Å². The van der Waals surface area contributed by atoms with Gasteiger partial charge in [0.1, 0.15) is 30.8 Å². The van der Waals surface area contributed by atoms with Crippen LogP contribution in [-0.4, -0.2) is 72.6 Å². The summed E-state index contributed by atoms with van der Waals surface area (Å²) in [6.07, 6.45) is -5.77. The van der Waals surface area contributed by atoms with Gasteiger partial charge in [-0.05, 0) is 37.6 Å². The Labute approximate surface area is 252 Å². The van der Waals surface area contributed by atoms with Crippen LogP contribution in [0.25, 0.3) is 10.9 Å². The minimum absolute atomic E-state index is 0.00787. The quantitative estimate of drug-likeness (QED) is 0.173. The Kier molecular flexibility index (Phi) is 8.68. The number of ether oxygens (including phenoxy) is 4. The molecule has 4 heterocycles. The molecular formula is C30H35F4N3O6Si. The van der Waals surface area contributed by atoms with E-state index in [-0.39, 0.29) is 42.6 Å². The van der Waals surface area contributed by atoms with Crippen molar-refractivity contribution < 1.29 is 41.3 Å². The zero-order chi connectivity index (χ0) is 32.0. The minimum atomic E-state index is -4.77. The van der Waals surface area contributed by atoms with Crippen molar-refractivity contribution in [3.63, 3.8) is 0 Å². The van der Waals surface area contributed by atoms with Crippen LogP contribution in [0.15, 0.2) is 35.3 Å². The van der Waals surface area contributed by atoms with E-state index in [1.54, 1.807) is 18.3 Å². The summed E-state index contributed by atoms with van der Waals surface area (Å²) in [6, 6.07) is 6.51. The van der Waals surface area contributed by atoms with Gasteiger partial charge in [0.15, 0.2) is 17.7 Å². The number of carbonyl (C=O) groups is 1. The number of aromatic nitrogens is 2. The SMILES string of the molecule is Cc1cc2c(c(O[C@H](C)C(F)(F)F)c1F)C(=O)N1C[C@@H](Oc3cc4c(ccc(=O)n4COCC[Si](C)(C)C)cn3)C[C@@H]1CO2. The maximum absolute atomic E-state index is 15.1. The second-order valence-corrected chi connectivity index (χ2v) is 18.1. The van der Waals surface area contributed by atoms with Crippen LogP contribution in [0.3, 0.4) is 0 Å². The van der Waals surface area contributed by atoms with E-state index in [2.05, 4.69) is 24.6 Å². The molecule has 1 amide bonds. The van der Waals surface area contributed by atoms with Crippen LogP contribution in [-0.2, 0) is 11.5 Å². The molecule has 3 atom stereocenters. The molecule has 0 bridgehead atoms. The number of alkyl halides is 3. The highest BCUT2D eigenvalue weighted by molar-refractivity contribution is 6.76. The number of benzene rings is 1. The van der Waals surface area contributed by atoms with Crippen molar-refractivity contribution in [3.8, 4) is 17.4 Å². The Morgan fingerprint density at radius 2 is 1.93 bits per heavy atom. The van der Waals surface area contributed by atoms with E-state index in [0.717, 1.165) is 13.0 Å². The van der Waals surface area contributed by atoms with Crippen LogP contribution in [0, 0.1) is 12.7 Å². The number of aryl methyl sites for hydroxylation is 1. The minimum Gasteiger partial charge on any atom is -0.490 e. The van der Waals surface area contributed by atoms with E-state index >= 15 is 4.39 Å². The molecule has 14 heteroatoms. The van der Waals surface area contributed by atoms with Gasteiger partial charge in [-0.15, -0.1) is 0 Å². The van der Waals surface area contributed by atoms with Gasteiger partial charge in [0.2, 0.25) is 5.88 Å². The molecular weight excluding hydrogens is 602 g/mol. The summed E-state index contributed by atoms with van der Waals surface area (Å²) in [5, 5.41) is 0.712. The number of hydrogen-bond acceptors (Lipinski definition) is 7. The number of hydrogen-bond donors (Lipinski definition) is 0. The van der Waals surface area contributed by atoms with Crippen LogP contribution in [0.2, 0.25) is 25.7 Å². The monoisotopic (exact) mass is 637 g/mol. The molecule has 0 saturated carbocycles. The van der Waals surface area contributed by atoms with Crippen LogP contribution in [0.5, 0.6) is 17.4 Å². The Bertz CT molecular complexity index is 1620. The van der Waals surface area contributed by atoms with Gasteiger partial charge < -0.3 is 23.8 Å². The van der Waals surface area contributed by atoms with E-state index in [1.807, 2.05) is 0 Å². The lowest BCUT2D eigenvalue weighted by Crippen LogP contribution is -2.38. The third kappa shape index (κ3) is 6.70. The third-order valence-corrected chi connectivity index (χ3v) is 9.46. The summed E-state index contributed by atoms with van der Waals surface area (Å²) < 4.78 is 79.3.